The van der Waals surface area contributed by atoms with Gasteiger partial charge in [-0.15, -0.1) is 11.3 Å². The number of H-pyrrole nitrogens is 1. The number of benzene rings is 1. The van der Waals surface area contributed by atoms with Crippen molar-refractivity contribution < 1.29 is 9.32 Å². The van der Waals surface area contributed by atoms with Crippen LogP contribution in [0.3, 0.4) is 0 Å². The molecule has 1 aromatic carbocycles. The summed E-state index contributed by atoms with van der Waals surface area (Å²) in [6.45, 7) is 3.75. The Morgan fingerprint density at radius 2 is 2.13 bits per heavy atom. The fourth-order valence-electron chi connectivity index (χ4n) is 3.54. The number of hydrogen-bond acceptors (Lipinski definition) is 6. The van der Waals surface area contributed by atoms with E-state index >= 15 is 0 Å². The molecule has 8 nitrogen and oxygen atoms in total. The van der Waals surface area contributed by atoms with Crippen molar-refractivity contribution in [3.63, 3.8) is 0 Å². The number of rotatable bonds is 5. The molecule has 2 N–H and O–H groups in total. The lowest BCUT2D eigenvalue weighted by Crippen LogP contribution is -2.26. The maximum absolute atomic E-state index is 12.7. The highest BCUT2D eigenvalue weighted by molar-refractivity contribution is 7.10. The quantitative estimate of drug-likeness (QED) is 0.426. The molecule has 0 saturated carbocycles. The summed E-state index contributed by atoms with van der Waals surface area (Å²) >= 11 is 1.62. The van der Waals surface area contributed by atoms with Crippen molar-refractivity contribution in [3.8, 4) is 22.8 Å². The molecule has 31 heavy (non-hydrogen) atoms. The average Bonchev–Trinajstić information content (AvgIpc) is 3.53. The van der Waals surface area contributed by atoms with Crippen molar-refractivity contribution >= 4 is 28.1 Å². The van der Waals surface area contributed by atoms with Crippen LogP contribution in [0.5, 0.6) is 0 Å². The van der Waals surface area contributed by atoms with Crippen LogP contribution in [-0.4, -0.2) is 30.8 Å². The van der Waals surface area contributed by atoms with Crippen molar-refractivity contribution in [2.75, 3.05) is 0 Å². The number of fused-ring (bicyclic) bond motifs is 1. The van der Waals surface area contributed by atoms with Crippen LogP contribution in [0.15, 0.2) is 52.4 Å². The Labute approximate surface area is 181 Å². The monoisotopic (exact) mass is 432 g/mol. The van der Waals surface area contributed by atoms with Gasteiger partial charge in [-0.05, 0) is 49.6 Å². The molecule has 1 unspecified atom stereocenters. The predicted molar refractivity (Wildman–Crippen MR) is 119 cm³/mol. The molecular weight excluding hydrogens is 412 g/mol. The Morgan fingerprint density at radius 1 is 1.26 bits per heavy atom. The lowest BCUT2D eigenvalue weighted by Gasteiger charge is -2.10. The molecule has 1 atom stereocenters. The summed E-state index contributed by atoms with van der Waals surface area (Å²) in [5.41, 5.74) is 3.92. The van der Waals surface area contributed by atoms with Crippen LogP contribution in [0, 0.1) is 6.92 Å². The van der Waals surface area contributed by atoms with Gasteiger partial charge in [-0.3, -0.25) is 9.48 Å². The lowest BCUT2D eigenvalue weighted by molar-refractivity contribution is 0.0934. The van der Waals surface area contributed by atoms with Gasteiger partial charge in [0.25, 0.3) is 11.8 Å². The van der Waals surface area contributed by atoms with E-state index in [2.05, 4.69) is 25.5 Å². The predicted octanol–water partition coefficient (Wildman–Crippen LogP) is 4.48. The largest absolute Gasteiger partial charge is 0.351 e. The van der Waals surface area contributed by atoms with E-state index in [9.17, 15) is 4.79 Å². The first-order valence-electron chi connectivity index (χ1n) is 9.80. The van der Waals surface area contributed by atoms with Gasteiger partial charge in [-0.25, -0.2) is 0 Å². The van der Waals surface area contributed by atoms with Gasteiger partial charge in [-0.2, -0.15) is 10.1 Å². The lowest BCUT2D eigenvalue weighted by atomic mass is 10.1. The fourth-order valence-corrected chi connectivity index (χ4v) is 4.28. The molecule has 0 bridgehead atoms. The molecule has 4 aromatic heterocycles. The summed E-state index contributed by atoms with van der Waals surface area (Å²) in [7, 11) is 1.84. The Hall–Kier alpha value is -3.72. The second-order valence-electron chi connectivity index (χ2n) is 7.38. The maximum atomic E-state index is 12.7. The number of carbonyl (C=O) groups excluding carboxylic acids is 1. The van der Waals surface area contributed by atoms with Crippen molar-refractivity contribution in [3.05, 3.63) is 64.2 Å². The maximum Gasteiger partial charge on any atom is 0.274 e. The highest BCUT2D eigenvalue weighted by Crippen LogP contribution is 2.28. The molecule has 0 saturated heterocycles. The number of aryl methyl sites for hydroxylation is 2. The molecule has 156 valence electrons. The molecule has 9 heteroatoms. The Kier molecular flexibility index (Phi) is 4.67. The standard InChI is InChI=1S/C22H20N6O2S/c1-12(20-5-4-8-31-20)23-21(29)17-11-19(28(3)26-17)14-6-7-16-15(9-14)10-18(25-16)22-24-13(2)27-30-22/h4-12,25H,1-3H3,(H,23,29). The molecule has 0 aliphatic carbocycles. The molecule has 0 fully saturated rings. The molecule has 5 aromatic rings. The van der Waals surface area contributed by atoms with Crippen molar-refractivity contribution in [2.45, 2.75) is 19.9 Å². The van der Waals surface area contributed by atoms with Crippen LogP contribution in [-0.2, 0) is 7.05 Å². The van der Waals surface area contributed by atoms with Crippen LogP contribution in [0.1, 0.15) is 34.2 Å². The number of amides is 1. The van der Waals surface area contributed by atoms with E-state index in [1.807, 2.05) is 61.8 Å². The van der Waals surface area contributed by atoms with Crippen LogP contribution in [0.2, 0.25) is 0 Å². The fraction of sp³-hybridized carbons (Fsp3) is 0.182. The van der Waals surface area contributed by atoms with E-state index < -0.39 is 0 Å². The number of nitrogens with zero attached hydrogens (tertiary/aromatic N) is 4. The average molecular weight is 433 g/mol. The van der Waals surface area contributed by atoms with Crippen molar-refractivity contribution in [1.29, 1.82) is 0 Å². The highest BCUT2D eigenvalue weighted by Gasteiger charge is 2.18. The highest BCUT2D eigenvalue weighted by atomic mass is 32.1. The van der Waals surface area contributed by atoms with E-state index in [1.54, 1.807) is 22.9 Å². The van der Waals surface area contributed by atoms with Gasteiger partial charge in [0, 0.05) is 28.4 Å². The molecule has 5 rings (SSSR count). The Morgan fingerprint density at radius 3 is 2.87 bits per heavy atom. The second-order valence-corrected chi connectivity index (χ2v) is 8.36. The third-order valence-electron chi connectivity index (χ3n) is 5.10. The minimum absolute atomic E-state index is 0.0686. The van der Waals surface area contributed by atoms with Crippen LogP contribution in [0.4, 0.5) is 0 Å². The molecule has 0 aliphatic heterocycles. The van der Waals surface area contributed by atoms with E-state index in [-0.39, 0.29) is 11.9 Å². The molecule has 1 amide bonds. The molecule has 0 radical (unpaired) electrons. The van der Waals surface area contributed by atoms with Crippen LogP contribution < -0.4 is 5.32 Å². The molecule has 4 heterocycles. The summed E-state index contributed by atoms with van der Waals surface area (Å²) in [6.07, 6.45) is 0. The van der Waals surface area contributed by atoms with E-state index in [1.165, 1.54) is 0 Å². The van der Waals surface area contributed by atoms with E-state index in [0.29, 0.717) is 17.4 Å². The number of aromatic nitrogens is 5. The van der Waals surface area contributed by atoms with Gasteiger partial charge in [-0.1, -0.05) is 17.3 Å². The summed E-state index contributed by atoms with van der Waals surface area (Å²) in [5, 5.41) is 14.3. The zero-order valence-corrected chi connectivity index (χ0v) is 18.0. The van der Waals surface area contributed by atoms with Crippen molar-refractivity contribution in [2.24, 2.45) is 7.05 Å². The summed E-state index contributed by atoms with van der Waals surface area (Å²) < 4.78 is 6.97. The van der Waals surface area contributed by atoms with Crippen LogP contribution >= 0.6 is 11.3 Å². The minimum Gasteiger partial charge on any atom is -0.351 e. The minimum atomic E-state index is -0.195. The molecule has 0 aliphatic rings. The topological polar surface area (TPSA) is 102 Å². The summed E-state index contributed by atoms with van der Waals surface area (Å²) in [6, 6.07) is 13.7. The van der Waals surface area contributed by atoms with Crippen LogP contribution in [0.25, 0.3) is 33.7 Å². The Balaban J connectivity index is 1.42. The van der Waals surface area contributed by atoms with Gasteiger partial charge >= 0.3 is 0 Å². The SMILES string of the molecule is Cc1noc(-c2cc3cc(-c4cc(C(=O)NC(C)c5cccs5)nn4C)ccc3[nH]2)n1. The van der Waals surface area contributed by atoms with Gasteiger partial charge in [0.15, 0.2) is 11.5 Å². The van der Waals surface area contributed by atoms with Gasteiger partial charge in [0.2, 0.25) is 0 Å². The van der Waals surface area contributed by atoms with E-state index in [0.717, 1.165) is 32.7 Å². The smallest absolute Gasteiger partial charge is 0.274 e. The first-order valence-corrected chi connectivity index (χ1v) is 10.7. The first kappa shape index (κ1) is 19.3. The zero-order valence-electron chi connectivity index (χ0n) is 17.2. The van der Waals surface area contributed by atoms with Gasteiger partial charge < -0.3 is 14.8 Å². The number of carbonyl (C=O) groups is 1. The van der Waals surface area contributed by atoms with E-state index in [4.69, 9.17) is 4.52 Å². The third kappa shape index (κ3) is 3.64. The van der Waals surface area contributed by atoms with Gasteiger partial charge in [0.1, 0.15) is 5.69 Å². The second kappa shape index (κ2) is 7.51. The zero-order chi connectivity index (χ0) is 21.5. The number of aromatic amines is 1. The first-order chi connectivity index (χ1) is 15.0. The number of hydrogen-bond donors (Lipinski definition) is 2. The molecule has 0 spiro atoms. The normalized spacial score (nSPS) is 12.4. The third-order valence-corrected chi connectivity index (χ3v) is 6.16. The summed E-state index contributed by atoms with van der Waals surface area (Å²) in [4.78, 5) is 21.4. The number of thiophene rings is 1. The van der Waals surface area contributed by atoms with Gasteiger partial charge in [0.05, 0.1) is 11.7 Å². The molecular formula is C22H20N6O2S. The number of nitrogens with one attached hydrogen (secondary N) is 2. The van der Waals surface area contributed by atoms with Crippen molar-refractivity contribution in [1.82, 2.24) is 30.2 Å². The Bertz CT molecular complexity index is 1380. The summed E-state index contributed by atoms with van der Waals surface area (Å²) in [5.74, 6) is 0.845.